The first-order valence-electron chi connectivity index (χ1n) is 4.82. The normalized spacial score (nSPS) is 10.9. The largest absolute Gasteiger partial charge is 0.350 e. The number of nitrogens with one attached hydrogen (secondary N) is 1. The van der Waals surface area contributed by atoms with Gasteiger partial charge in [0.25, 0.3) is 0 Å². The Labute approximate surface area is 88.8 Å². The van der Waals surface area contributed by atoms with E-state index in [0.717, 1.165) is 5.56 Å². The van der Waals surface area contributed by atoms with Crippen molar-refractivity contribution in [2.24, 2.45) is 0 Å². The van der Waals surface area contributed by atoms with Crippen molar-refractivity contribution in [2.45, 2.75) is 19.9 Å². The second kappa shape index (κ2) is 5.29. The van der Waals surface area contributed by atoms with Gasteiger partial charge in [-0.15, -0.1) is 0 Å². The maximum atomic E-state index is 12.6. The maximum absolute atomic E-state index is 12.6. The molecule has 0 unspecified atom stereocenters. The molecule has 1 aromatic carbocycles. The van der Waals surface area contributed by atoms with E-state index in [1.54, 1.807) is 18.2 Å². The highest BCUT2D eigenvalue weighted by Gasteiger charge is 1.97. The van der Waals surface area contributed by atoms with E-state index in [0.29, 0.717) is 0 Å². The van der Waals surface area contributed by atoms with Gasteiger partial charge >= 0.3 is 0 Å². The van der Waals surface area contributed by atoms with Crippen molar-refractivity contribution in [1.29, 1.82) is 0 Å². The van der Waals surface area contributed by atoms with E-state index in [1.165, 1.54) is 18.2 Å². The third kappa shape index (κ3) is 4.40. The summed E-state index contributed by atoms with van der Waals surface area (Å²) in [5, 5.41) is 2.72. The number of amides is 1. The van der Waals surface area contributed by atoms with Crippen molar-refractivity contribution in [3.05, 3.63) is 41.7 Å². The lowest BCUT2D eigenvalue weighted by molar-refractivity contribution is -0.116. The Balaban J connectivity index is 2.57. The first-order valence-corrected chi connectivity index (χ1v) is 4.82. The van der Waals surface area contributed by atoms with E-state index in [2.05, 4.69) is 5.32 Å². The van der Waals surface area contributed by atoms with Gasteiger partial charge in [0.05, 0.1) is 0 Å². The van der Waals surface area contributed by atoms with Gasteiger partial charge in [-0.05, 0) is 37.6 Å². The molecule has 0 aliphatic carbocycles. The Morgan fingerprint density at radius 1 is 1.33 bits per heavy atom. The highest BCUT2D eigenvalue weighted by Crippen LogP contribution is 2.04. The van der Waals surface area contributed by atoms with Gasteiger partial charge in [0.2, 0.25) is 5.91 Å². The molecule has 3 heteroatoms. The van der Waals surface area contributed by atoms with E-state index < -0.39 is 0 Å². The van der Waals surface area contributed by atoms with E-state index in [-0.39, 0.29) is 17.8 Å². The average Bonchev–Trinajstić information content (AvgIpc) is 2.16. The van der Waals surface area contributed by atoms with Crippen molar-refractivity contribution >= 4 is 12.0 Å². The average molecular weight is 207 g/mol. The SMILES string of the molecule is CC(C)NC(=O)/C=C/c1ccc(F)cc1. The number of benzene rings is 1. The quantitative estimate of drug-likeness (QED) is 0.757. The monoisotopic (exact) mass is 207 g/mol. The molecular formula is C12H14FNO. The molecule has 1 N–H and O–H groups in total. The molecule has 0 fully saturated rings. The Kier molecular flexibility index (Phi) is 4.03. The van der Waals surface area contributed by atoms with Crippen molar-refractivity contribution in [1.82, 2.24) is 5.32 Å². The standard InChI is InChI=1S/C12H14FNO/c1-9(2)14-12(15)8-5-10-3-6-11(13)7-4-10/h3-9H,1-2H3,(H,14,15)/b8-5+. The predicted octanol–water partition coefficient (Wildman–Crippen LogP) is 2.36. The van der Waals surface area contributed by atoms with Crippen molar-refractivity contribution < 1.29 is 9.18 Å². The van der Waals surface area contributed by atoms with Gasteiger partial charge < -0.3 is 5.32 Å². The number of carbonyl (C=O) groups is 1. The Bertz CT molecular complexity index is 354. The molecule has 0 spiro atoms. The molecule has 1 amide bonds. The van der Waals surface area contributed by atoms with Crippen LogP contribution in [0.2, 0.25) is 0 Å². The lowest BCUT2D eigenvalue weighted by Crippen LogP contribution is -2.28. The molecule has 0 heterocycles. The zero-order chi connectivity index (χ0) is 11.3. The topological polar surface area (TPSA) is 29.1 Å². The summed E-state index contributed by atoms with van der Waals surface area (Å²) in [5.74, 6) is -0.423. The Morgan fingerprint density at radius 2 is 1.93 bits per heavy atom. The number of rotatable bonds is 3. The summed E-state index contributed by atoms with van der Waals surface area (Å²) < 4.78 is 12.6. The van der Waals surface area contributed by atoms with Gasteiger partial charge in [-0.1, -0.05) is 12.1 Å². The molecule has 0 bridgehead atoms. The molecule has 1 aromatic rings. The van der Waals surface area contributed by atoms with Crippen LogP contribution in [0.15, 0.2) is 30.3 Å². The number of hydrogen-bond donors (Lipinski definition) is 1. The van der Waals surface area contributed by atoms with Crippen LogP contribution in [-0.2, 0) is 4.79 Å². The van der Waals surface area contributed by atoms with Crippen LogP contribution in [0.5, 0.6) is 0 Å². The Morgan fingerprint density at radius 3 is 2.47 bits per heavy atom. The zero-order valence-corrected chi connectivity index (χ0v) is 8.83. The summed E-state index contributed by atoms with van der Waals surface area (Å²) in [6, 6.07) is 6.08. The lowest BCUT2D eigenvalue weighted by Gasteiger charge is -2.03. The van der Waals surface area contributed by atoms with Crippen LogP contribution in [0, 0.1) is 5.82 Å². The van der Waals surface area contributed by atoms with Crippen LogP contribution in [0.4, 0.5) is 4.39 Å². The van der Waals surface area contributed by atoms with Crippen molar-refractivity contribution in [3.63, 3.8) is 0 Å². The molecule has 0 aromatic heterocycles. The van der Waals surface area contributed by atoms with E-state index in [1.807, 2.05) is 13.8 Å². The smallest absolute Gasteiger partial charge is 0.244 e. The van der Waals surface area contributed by atoms with Gasteiger partial charge in [0, 0.05) is 12.1 Å². The summed E-state index contributed by atoms with van der Waals surface area (Å²) in [5.41, 5.74) is 0.801. The fraction of sp³-hybridized carbons (Fsp3) is 0.250. The molecule has 0 saturated carbocycles. The minimum absolute atomic E-state index is 0.121. The van der Waals surface area contributed by atoms with Crippen LogP contribution in [-0.4, -0.2) is 11.9 Å². The highest BCUT2D eigenvalue weighted by molar-refractivity contribution is 5.91. The number of halogens is 1. The summed E-state index contributed by atoms with van der Waals surface area (Å²) in [6.45, 7) is 3.78. The van der Waals surface area contributed by atoms with Gasteiger partial charge in [0.1, 0.15) is 5.82 Å². The summed E-state index contributed by atoms with van der Waals surface area (Å²) in [7, 11) is 0. The van der Waals surface area contributed by atoms with E-state index >= 15 is 0 Å². The van der Waals surface area contributed by atoms with Crippen molar-refractivity contribution in [3.8, 4) is 0 Å². The number of carbonyl (C=O) groups excluding carboxylic acids is 1. The molecular weight excluding hydrogens is 193 g/mol. The predicted molar refractivity (Wildman–Crippen MR) is 58.7 cm³/mol. The van der Waals surface area contributed by atoms with Gasteiger partial charge in [0.15, 0.2) is 0 Å². The van der Waals surface area contributed by atoms with Crippen LogP contribution in [0.3, 0.4) is 0 Å². The van der Waals surface area contributed by atoms with Crippen LogP contribution in [0.25, 0.3) is 6.08 Å². The summed E-state index contributed by atoms with van der Waals surface area (Å²) in [4.78, 5) is 11.2. The van der Waals surface area contributed by atoms with Gasteiger partial charge in [-0.3, -0.25) is 4.79 Å². The minimum atomic E-state index is -0.279. The number of hydrogen-bond acceptors (Lipinski definition) is 1. The van der Waals surface area contributed by atoms with Gasteiger partial charge in [-0.2, -0.15) is 0 Å². The molecule has 80 valence electrons. The third-order valence-electron chi connectivity index (χ3n) is 1.73. The first kappa shape index (κ1) is 11.4. The minimum Gasteiger partial charge on any atom is -0.350 e. The summed E-state index contributed by atoms with van der Waals surface area (Å²) >= 11 is 0. The van der Waals surface area contributed by atoms with Crippen LogP contribution in [0.1, 0.15) is 19.4 Å². The molecule has 0 aliphatic heterocycles. The van der Waals surface area contributed by atoms with Crippen LogP contribution >= 0.6 is 0 Å². The molecule has 2 nitrogen and oxygen atoms in total. The second-order valence-electron chi connectivity index (χ2n) is 3.55. The third-order valence-corrected chi connectivity index (χ3v) is 1.73. The Hall–Kier alpha value is -1.64. The maximum Gasteiger partial charge on any atom is 0.244 e. The van der Waals surface area contributed by atoms with E-state index in [4.69, 9.17) is 0 Å². The highest BCUT2D eigenvalue weighted by atomic mass is 19.1. The van der Waals surface area contributed by atoms with Crippen LogP contribution < -0.4 is 5.32 Å². The molecule has 1 rings (SSSR count). The fourth-order valence-electron chi connectivity index (χ4n) is 1.08. The summed E-state index contributed by atoms with van der Waals surface area (Å²) in [6.07, 6.45) is 3.09. The molecule has 15 heavy (non-hydrogen) atoms. The lowest BCUT2D eigenvalue weighted by atomic mass is 10.2. The molecule has 0 radical (unpaired) electrons. The van der Waals surface area contributed by atoms with Crippen molar-refractivity contribution in [2.75, 3.05) is 0 Å². The molecule has 0 aliphatic rings. The fourth-order valence-corrected chi connectivity index (χ4v) is 1.08. The van der Waals surface area contributed by atoms with E-state index in [9.17, 15) is 9.18 Å². The molecule has 0 saturated heterocycles. The van der Waals surface area contributed by atoms with Gasteiger partial charge in [-0.25, -0.2) is 4.39 Å². The second-order valence-corrected chi connectivity index (χ2v) is 3.55. The molecule has 0 atom stereocenters. The zero-order valence-electron chi connectivity index (χ0n) is 8.83. The first-order chi connectivity index (χ1) is 7.08.